The molecule has 0 aliphatic heterocycles. The van der Waals surface area contributed by atoms with E-state index in [1.54, 1.807) is 0 Å². The maximum Gasteiger partial charge on any atom is 0.201 e. The van der Waals surface area contributed by atoms with E-state index in [2.05, 4.69) is 0 Å². The van der Waals surface area contributed by atoms with Crippen LogP contribution in [0.1, 0.15) is 43.0 Å². The molecule has 0 bridgehead atoms. The van der Waals surface area contributed by atoms with E-state index >= 15 is 0 Å². The van der Waals surface area contributed by atoms with E-state index in [9.17, 15) is 19.8 Å². The average Bonchev–Trinajstić information content (AvgIpc) is 2.52. The Morgan fingerprint density at radius 1 is 0.727 bits per heavy atom. The molecule has 4 nitrogen and oxygen atoms in total. The summed E-state index contributed by atoms with van der Waals surface area (Å²) >= 11 is 11.4. The van der Waals surface area contributed by atoms with Crippen LogP contribution in [0.3, 0.4) is 0 Å². The van der Waals surface area contributed by atoms with Crippen LogP contribution in [0.4, 0.5) is 0 Å². The fourth-order valence-electron chi connectivity index (χ4n) is 2.59. The van der Waals surface area contributed by atoms with Gasteiger partial charge < -0.3 is 10.2 Å². The van der Waals surface area contributed by atoms with Crippen molar-refractivity contribution in [3.63, 3.8) is 0 Å². The standard InChI is InChI=1S/C16H10Cl2O4/c17-5-7-1-3-9-11(13(7)19)16(22)12-10(15(9)21)4-2-8(6-18)14(12)20/h1-4,19-20H,5-6H2. The molecule has 0 spiro atoms. The van der Waals surface area contributed by atoms with Crippen LogP contribution in [-0.4, -0.2) is 21.8 Å². The summed E-state index contributed by atoms with van der Waals surface area (Å²) in [5, 5.41) is 20.4. The molecule has 3 rings (SSSR count). The molecule has 1 aliphatic carbocycles. The highest BCUT2D eigenvalue weighted by molar-refractivity contribution is 6.30. The molecule has 0 heterocycles. The number of hydrogen-bond acceptors (Lipinski definition) is 4. The molecular weight excluding hydrogens is 327 g/mol. The van der Waals surface area contributed by atoms with Crippen molar-refractivity contribution in [2.45, 2.75) is 11.8 Å². The summed E-state index contributed by atoms with van der Waals surface area (Å²) in [6.07, 6.45) is 0. The zero-order valence-corrected chi connectivity index (χ0v) is 12.7. The van der Waals surface area contributed by atoms with E-state index in [0.717, 1.165) is 0 Å². The molecule has 0 fully saturated rings. The molecule has 0 saturated heterocycles. The second kappa shape index (κ2) is 5.30. The Hall–Kier alpha value is -2.04. The molecule has 0 saturated carbocycles. The van der Waals surface area contributed by atoms with Crippen LogP contribution >= 0.6 is 23.2 Å². The van der Waals surface area contributed by atoms with Crippen molar-refractivity contribution >= 4 is 34.8 Å². The number of ketones is 2. The third kappa shape index (κ3) is 1.91. The first kappa shape index (κ1) is 14.9. The lowest BCUT2D eigenvalue weighted by molar-refractivity contribution is 0.0974. The van der Waals surface area contributed by atoms with Crippen LogP contribution in [0.5, 0.6) is 11.5 Å². The Morgan fingerprint density at radius 3 is 1.50 bits per heavy atom. The van der Waals surface area contributed by atoms with Gasteiger partial charge in [-0.15, -0.1) is 23.2 Å². The molecular formula is C16H10Cl2O4. The summed E-state index contributed by atoms with van der Waals surface area (Å²) in [7, 11) is 0. The zero-order chi connectivity index (χ0) is 16.0. The van der Waals surface area contributed by atoms with E-state index in [1.165, 1.54) is 24.3 Å². The Morgan fingerprint density at radius 2 is 1.14 bits per heavy atom. The second-order valence-corrected chi connectivity index (χ2v) is 5.45. The highest BCUT2D eigenvalue weighted by Gasteiger charge is 2.35. The largest absolute Gasteiger partial charge is 0.507 e. The average molecular weight is 337 g/mol. The van der Waals surface area contributed by atoms with E-state index in [-0.39, 0.29) is 45.5 Å². The molecule has 0 radical (unpaired) electrons. The number of benzene rings is 2. The minimum atomic E-state index is -0.612. The number of carbonyl (C=O) groups excluding carboxylic acids is 2. The van der Waals surface area contributed by atoms with Crippen LogP contribution < -0.4 is 0 Å². The van der Waals surface area contributed by atoms with Gasteiger partial charge in [-0.2, -0.15) is 0 Å². The maximum absolute atomic E-state index is 12.7. The molecule has 2 N–H and O–H groups in total. The van der Waals surface area contributed by atoms with Crippen molar-refractivity contribution in [1.29, 1.82) is 0 Å². The van der Waals surface area contributed by atoms with Crippen LogP contribution in [-0.2, 0) is 11.8 Å². The lowest BCUT2D eigenvalue weighted by Gasteiger charge is -2.21. The summed E-state index contributed by atoms with van der Waals surface area (Å²) < 4.78 is 0. The number of phenols is 2. The number of hydrogen-bond donors (Lipinski definition) is 2. The third-order valence-corrected chi connectivity index (χ3v) is 4.33. The summed E-state index contributed by atoms with van der Waals surface area (Å²) in [5.41, 5.74) is 0.634. The molecule has 112 valence electrons. The number of alkyl halides is 2. The molecule has 0 atom stereocenters. The Bertz CT molecular complexity index is 762. The first-order valence-electron chi connectivity index (χ1n) is 6.42. The van der Waals surface area contributed by atoms with Gasteiger partial charge in [0.05, 0.1) is 22.9 Å². The SMILES string of the molecule is O=C1c2ccc(CCl)c(O)c2C(=O)c2c1ccc(CCl)c2O. The van der Waals surface area contributed by atoms with Crippen LogP contribution in [0.15, 0.2) is 24.3 Å². The summed E-state index contributed by atoms with van der Waals surface area (Å²) in [6.45, 7) is 0. The first-order valence-corrected chi connectivity index (χ1v) is 7.49. The number of fused-ring (bicyclic) bond motifs is 2. The first-order chi connectivity index (χ1) is 10.5. The predicted molar refractivity (Wildman–Crippen MR) is 82.2 cm³/mol. The number of rotatable bonds is 2. The second-order valence-electron chi connectivity index (χ2n) is 4.92. The summed E-state index contributed by atoms with van der Waals surface area (Å²) in [5.74, 6) is -1.70. The molecule has 2 aromatic rings. The monoisotopic (exact) mass is 336 g/mol. The quantitative estimate of drug-likeness (QED) is 0.703. The van der Waals surface area contributed by atoms with Gasteiger partial charge in [-0.1, -0.05) is 12.1 Å². The van der Waals surface area contributed by atoms with Crippen molar-refractivity contribution in [1.82, 2.24) is 0 Å². The fourth-order valence-corrected chi connectivity index (χ4v) is 3.02. The van der Waals surface area contributed by atoms with E-state index in [0.29, 0.717) is 11.1 Å². The van der Waals surface area contributed by atoms with Gasteiger partial charge in [-0.05, 0) is 12.1 Å². The van der Waals surface area contributed by atoms with Crippen molar-refractivity contribution < 1.29 is 19.8 Å². The molecule has 0 aromatic heterocycles. The Kier molecular flexibility index (Phi) is 3.59. The molecule has 0 amide bonds. The minimum absolute atomic E-state index is 0.00113. The van der Waals surface area contributed by atoms with Gasteiger partial charge in [-0.3, -0.25) is 9.59 Å². The van der Waals surface area contributed by atoms with E-state index in [4.69, 9.17) is 23.2 Å². The number of phenolic OH excluding ortho intramolecular Hbond substituents is 2. The van der Waals surface area contributed by atoms with Crippen molar-refractivity contribution in [3.05, 3.63) is 57.6 Å². The van der Waals surface area contributed by atoms with Crippen molar-refractivity contribution in [3.8, 4) is 11.5 Å². The van der Waals surface area contributed by atoms with Gasteiger partial charge >= 0.3 is 0 Å². The smallest absolute Gasteiger partial charge is 0.201 e. The molecule has 6 heteroatoms. The lowest BCUT2D eigenvalue weighted by atomic mass is 9.81. The number of aromatic hydroxyl groups is 2. The highest BCUT2D eigenvalue weighted by Crippen LogP contribution is 2.39. The van der Waals surface area contributed by atoms with Crippen molar-refractivity contribution in [2.24, 2.45) is 0 Å². The Balaban J connectivity index is 2.34. The molecule has 0 unspecified atom stereocenters. The van der Waals surface area contributed by atoms with Gasteiger partial charge in [0, 0.05) is 22.3 Å². The van der Waals surface area contributed by atoms with Gasteiger partial charge in [0.15, 0.2) is 5.78 Å². The van der Waals surface area contributed by atoms with Crippen molar-refractivity contribution in [2.75, 3.05) is 0 Å². The topological polar surface area (TPSA) is 74.6 Å². The predicted octanol–water partition coefficient (Wildman–Crippen LogP) is 3.35. The maximum atomic E-state index is 12.7. The van der Waals surface area contributed by atoms with E-state index < -0.39 is 11.6 Å². The lowest BCUT2D eigenvalue weighted by Crippen LogP contribution is -2.22. The zero-order valence-electron chi connectivity index (χ0n) is 11.2. The normalized spacial score (nSPS) is 13.0. The summed E-state index contributed by atoms with van der Waals surface area (Å²) in [4.78, 5) is 25.2. The molecule has 2 aromatic carbocycles. The minimum Gasteiger partial charge on any atom is -0.507 e. The van der Waals surface area contributed by atoms with E-state index in [1.807, 2.05) is 0 Å². The fraction of sp³-hybridized carbons (Fsp3) is 0.125. The van der Waals surface area contributed by atoms with Crippen LogP contribution in [0.25, 0.3) is 0 Å². The number of halogens is 2. The third-order valence-electron chi connectivity index (χ3n) is 3.75. The van der Waals surface area contributed by atoms with Gasteiger partial charge in [0.25, 0.3) is 0 Å². The van der Waals surface area contributed by atoms with Gasteiger partial charge in [0.1, 0.15) is 11.5 Å². The van der Waals surface area contributed by atoms with Crippen LogP contribution in [0, 0.1) is 0 Å². The molecule has 1 aliphatic rings. The van der Waals surface area contributed by atoms with Gasteiger partial charge in [0.2, 0.25) is 5.78 Å². The number of carbonyl (C=O) groups is 2. The molecule has 22 heavy (non-hydrogen) atoms. The van der Waals surface area contributed by atoms with Crippen LogP contribution in [0.2, 0.25) is 0 Å². The highest BCUT2D eigenvalue weighted by atomic mass is 35.5. The van der Waals surface area contributed by atoms with Gasteiger partial charge in [-0.25, -0.2) is 0 Å². The summed E-state index contributed by atoms with van der Waals surface area (Å²) in [6, 6.07) is 5.93. The Labute approximate surface area is 135 Å².